The van der Waals surface area contributed by atoms with Gasteiger partial charge in [0.25, 0.3) is 0 Å². The van der Waals surface area contributed by atoms with Crippen molar-refractivity contribution in [3.05, 3.63) is 23.8 Å². The predicted molar refractivity (Wildman–Crippen MR) is 81.8 cm³/mol. The van der Waals surface area contributed by atoms with Crippen molar-refractivity contribution in [3.8, 4) is 11.5 Å². The van der Waals surface area contributed by atoms with E-state index in [-0.39, 0.29) is 5.54 Å². The summed E-state index contributed by atoms with van der Waals surface area (Å²) in [5.74, 6) is 1.52. The summed E-state index contributed by atoms with van der Waals surface area (Å²) in [6.07, 6.45) is 0.871. The third-order valence-corrected chi connectivity index (χ3v) is 2.88. The Bertz CT molecular complexity index is 399. The summed E-state index contributed by atoms with van der Waals surface area (Å²) in [4.78, 5) is 0. The summed E-state index contributed by atoms with van der Waals surface area (Å²) in [6, 6.07) is 5.96. The van der Waals surface area contributed by atoms with Gasteiger partial charge in [0.05, 0.1) is 27.4 Å². The van der Waals surface area contributed by atoms with Gasteiger partial charge in [-0.3, -0.25) is 0 Å². The molecule has 0 amide bonds. The third-order valence-electron chi connectivity index (χ3n) is 2.88. The lowest BCUT2D eigenvalue weighted by Gasteiger charge is -2.20. The molecule has 0 aliphatic carbocycles. The van der Waals surface area contributed by atoms with Crippen LogP contribution in [0.5, 0.6) is 11.5 Å². The lowest BCUT2D eigenvalue weighted by molar-refractivity contribution is 0.133. The van der Waals surface area contributed by atoms with E-state index < -0.39 is 0 Å². The van der Waals surface area contributed by atoms with Gasteiger partial charge in [0.15, 0.2) is 11.5 Å². The van der Waals surface area contributed by atoms with Gasteiger partial charge in [-0.15, -0.1) is 0 Å². The van der Waals surface area contributed by atoms with Crippen molar-refractivity contribution in [2.24, 2.45) is 0 Å². The van der Waals surface area contributed by atoms with Crippen LogP contribution in [0.3, 0.4) is 0 Å². The molecule has 1 aromatic rings. The number of hydrogen-bond donors (Lipinski definition) is 1. The van der Waals surface area contributed by atoms with Gasteiger partial charge in [-0.25, -0.2) is 0 Å². The summed E-state index contributed by atoms with van der Waals surface area (Å²) in [6.45, 7) is 8.76. The maximum absolute atomic E-state index is 5.63. The second-order valence-corrected chi connectivity index (χ2v) is 5.73. The van der Waals surface area contributed by atoms with Crippen LogP contribution >= 0.6 is 0 Å². The lowest BCUT2D eigenvalue weighted by atomic mass is 10.1. The van der Waals surface area contributed by atoms with Crippen LogP contribution in [0.1, 0.15) is 26.3 Å². The number of rotatable bonds is 8. The Morgan fingerprint density at radius 3 is 2.30 bits per heavy atom. The van der Waals surface area contributed by atoms with Crippen molar-refractivity contribution in [2.75, 3.05) is 34.0 Å². The molecule has 0 bridgehead atoms. The van der Waals surface area contributed by atoms with Crippen LogP contribution in [0.2, 0.25) is 0 Å². The molecule has 0 aliphatic heterocycles. The SMILES string of the molecule is COc1ccc(CCOCCNC(C)(C)C)cc1OC. The van der Waals surface area contributed by atoms with Crippen LogP contribution in [0.4, 0.5) is 0 Å². The zero-order valence-corrected chi connectivity index (χ0v) is 13.3. The maximum Gasteiger partial charge on any atom is 0.160 e. The molecule has 0 heterocycles. The molecule has 20 heavy (non-hydrogen) atoms. The molecule has 0 aliphatic rings. The van der Waals surface area contributed by atoms with Crippen molar-refractivity contribution < 1.29 is 14.2 Å². The minimum absolute atomic E-state index is 0.146. The average Bonchev–Trinajstić information content (AvgIpc) is 2.41. The molecule has 1 aromatic carbocycles. The van der Waals surface area contributed by atoms with Crippen molar-refractivity contribution in [1.29, 1.82) is 0 Å². The molecule has 1 N–H and O–H groups in total. The highest BCUT2D eigenvalue weighted by Gasteiger charge is 2.07. The predicted octanol–water partition coefficient (Wildman–Crippen LogP) is 2.65. The summed E-state index contributed by atoms with van der Waals surface area (Å²) in [7, 11) is 3.29. The molecule has 0 unspecified atom stereocenters. The first-order chi connectivity index (χ1) is 9.46. The van der Waals surface area contributed by atoms with Crippen molar-refractivity contribution in [1.82, 2.24) is 5.32 Å². The van der Waals surface area contributed by atoms with E-state index in [4.69, 9.17) is 14.2 Å². The highest BCUT2D eigenvalue weighted by Crippen LogP contribution is 2.27. The second kappa shape index (κ2) is 8.12. The Morgan fingerprint density at radius 1 is 1.00 bits per heavy atom. The van der Waals surface area contributed by atoms with E-state index in [1.807, 2.05) is 18.2 Å². The first kappa shape index (κ1) is 16.8. The fraction of sp³-hybridized carbons (Fsp3) is 0.625. The summed E-state index contributed by atoms with van der Waals surface area (Å²) < 4.78 is 16.1. The van der Waals surface area contributed by atoms with Gasteiger partial charge < -0.3 is 19.5 Å². The Balaban J connectivity index is 2.28. The first-order valence-electron chi connectivity index (χ1n) is 7.00. The number of ether oxygens (including phenoxy) is 3. The van der Waals surface area contributed by atoms with E-state index in [0.717, 1.165) is 31.1 Å². The van der Waals surface area contributed by atoms with Crippen LogP contribution in [0.25, 0.3) is 0 Å². The minimum Gasteiger partial charge on any atom is -0.493 e. The van der Waals surface area contributed by atoms with Gasteiger partial charge in [0, 0.05) is 12.1 Å². The maximum atomic E-state index is 5.63. The monoisotopic (exact) mass is 281 g/mol. The fourth-order valence-corrected chi connectivity index (χ4v) is 1.83. The molecule has 0 radical (unpaired) electrons. The van der Waals surface area contributed by atoms with E-state index in [1.165, 1.54) is 5.56 Å². The molecule has 4 heteroatoms. The standard InChI is InChI=1S/C16H27NO3/c1-16(2,3)17-9-11-20-10-8-13-6-7-14(18-4)15(12-13)19-5/h6-7,12,17H,8-11H2,1-5H3. The topological polar surface area (TPSA) is 39.7 Å². The normalized spacial score (nSPS) is 11.4. The van der Waals surface area contributed by atoms with E-state index in [2.05, 4.69) is 26.1 Å². The third kappa shape index (κ3) is 6.26. The van der Waals surface area contributed by atoms with Crippen molar-refractivity contribution in [3.63, 3.8) is 0 Å². The first-order valence-corrected chi connectivity index (χ1v) is 7.00. The van der Waals surface area contributed by atoms with Crippen LogP contribution in [0, 0.1) is 0 Å². The number of methoxy groups -OCH3 is 2. The van der Waals surface area contributed by atoms with Gasteiger partial charge in [0.1, 0.15) is 0 Å². The zero-order valence-electron chi connectivity index (χ0n) is 13.3. The number of benzene rings is 1. The smallest absolute Gasteiger partial charge is 0.160 e. The van der Waals surface area contributed by atoms with Gasteiger partial charge in [-0.05, 0) is 44.9 Å². The van der Waals surface area contributed by atoms with Crippen molar-refractivity contribution in [2.45, 2.75) is 32.7 Å². The molecule has 0 saturated heterocycles. The molecule has 4 nitrogen and oxygen atoms in total. The molecular formula is C16H27NO3. The lowest BCUT2D eigenvalue weighted by Crippen LogP contribution is -2.38. The number of nitrogens with one attached hydrogen (secondary N) is 1. The summed E-state index contributed by atoms with van der Waals surface area (Å²) in [5, 5.41) is 3.39. The van der Waals surface area contributed by atoms with Gasteiger partial charge in [-0.1, -0.05) is 6.07 Å². The van der Waals surface area contributed by atoms with Gasteiger partial charge in [0.2, 0.25) is 0 Å². The molecular weight excluding hydrogens is 254 g/mol. The van der Waals surface area contributed by atoms with E-state index in [0.29, 0.717) is 6.61 Å². The average molecular weight is 281 g/mol. The second-order valence-electron chi connectivity index (χ2n) is 5.73. The Hall–Kier alpha value is -1.26. The summed E-state index contributed by atoms with van der Waals surface area (Å²) in [5.41, 5.74) is 1.33. The van der Waals surface area contributed by atoms with Crippen molar-refractivity contribution >= 4 is 0 Å². The van der Waals surface area contributed by atoms with E-state index >= 15 is 0 Å². The molecule has 1 rings (SSSR count). The number of hydrogen-bond acceptors (Lipinski definition) is 4. The van der Waals surface area contributed by atoms with Crippen LogP contribution in [0.15, 0.2) is 18.2 Å². The van der Waals surface area contributed by atoms with E-state index in [1.54, 1.807) is 14.2 Å². The largest absolute Gasteiger partial charge is 0.493 e. The zero-order chi connectivity index (χ0) is 15.0. The quantitative estimate of drug-likeness (QED) is 0.744. The molecule has 0 atom stereocenters. The fourth-order valence-electron chi connectivity index (χ4n) is 1.83. The van der Waals surface area contributed by atoms with E-state index in [9.17, 15) is 0 Å². The van der Waals surface area contributed by atoms with Crippen LogP contribution < -0.4 is 14.8 Å². The highest BCUT2D eigenvalue weighted by molar-refractivity contribution is 5.42. The van der Waals surface area contributed by atoms with Gasteiger partial charge >= 0.3 is 0 Å². The molecule has 0 aromatic heterocycles. The summed E-state index contributed by atoms with van der Waals surface area (Å²) >= 11 is 0. The Morgan fingerprint density at radius 2 is 1.70 bits per heavy atom. The highest BCUT2D eigenvalue weighted by atomic mass is 16.5. The molecule has 0 saturated carbocycles. The van der Waals surface area contributed by atoms with Crippen LogP contribution in [-0.4, -0.2) is 39.5 Å². The minimum atomic E-state index is 0.146. The van der Waals surface area contributed by atoms with Crippen LogP contribution in [-0.2, 0) is 11.2 Å². The Labute approximate surface area is 122 Å². The molecule has 0 spiro atoms. The van der Waals surface area contributed by atoms with Gasteiger partial charge in [-0.2, -0.15) is 0 Å². The Kier molecular flexibility index (Phi) is 6.82. The molecule has 0 fully saturated rings. The molecule has 114 valence electrons.